The maximum atomic E-state index is 13.2. The molecule has 4 aromatic rings. The summed E-state index contributed by atoms with van der Waals surface area (Å²) in [5.41, 5.74) is 2.71. The Morgan fingerprint density at radius 1 is 0.919 bits per heavy atom. The number of halogens is 1. The molecule has 0 atom stereocenters. The lowest BCUT2D eigenvalue weighted by atomic mass is 10.0. The molecule has 5 nitrogen and oxygen atoms in total. The van der Waals surface area contributed by atoms with Gasteiger partial charge in [0.15, 0.2) is 11.5 Å². The van der Waals surface area contributed by atoms with E-state index in [0.717, 1.165) is 39.2 Å². The molecule has 0 bridgehead atoms. The SMILES string of the molecule is CCOc1cc(/C=C2/SC(=O)N(Cc3cccc4ccccc34)C2=O)cc(Br)c1OCc1ccccc1. The first kappa shape index (κ1) is 25.1. The zero-order valence-corrected chi connectivity index (χ0v) is 22.6. The van der Waals surface area contributed by atoms with E-state index in [-0.39, 0.29) is 17.7 Å². The number of benzene rings is 4. The Morgan fingerprint density at radius 3 is 2.49 bits per heavy atom. The molecule has 1 fully saturated rings. The number of carbonyl (C=O) groups excluding carboxylic acids is 2. The second kappa shape index (κ2) is 11.2. The van der Waals surface area contributed by atoms with Crippen molar-refractivity contribution in [1.82, 2.24) is 4.90 Å². The Labute approximate surface area is 228 Å². The van der Waals surface area contributed by atoms with Crippen LogP contribution in [0.5, 0.6) is 11.5 Å². The average molecular weight is 574 g/mol. The smallest absolute Gasteiger partial charge is 0.293 e. The Kier molecular flexibility index (Phi) is 7.63. The average Bonchev–Trinajstić information content (AvgIpc) is 3.16. The third-order valence-electron chi connectivity index (χ3n) is 5.94. The van der Waals surface area contributed by atoms with E-state index < -0.39 is 0 Å². The van der Waals surface area contributed by atoms with E-state index in [2.05, 4.69) is 15.9 Å². The number of nitrogens with zero attached hydrogens (tertiary/aromatic N) is 1. The molecule has 0 aromatic heterocycles. The summed E-state index contributed by atoms with van der Waals surface area (Å²) >= 11 is 4.54. The summed E-state index contributed by atoms with van der Waals surface area (Å²) in [6.07, 6.45) is 1.72. The molecule has 4 aromatic carbocycles. The van der Waals surface area contributed by atoms with Crippen molar-refractivity contribution in [3.8, 4) is 11.5 Å². The Morgan fingerprint density at radius 2 is 1.68 bits per heavy atom. The normalized spacial score (nSPS) is 14.5. The van der Waals surface area contributed by atoms with Gasteiger partial charge < -0.3 is 9.47 Å². The summed E-state index contributed by atoms with van der Waals surface area (Å²) in [5, 5.41) is 1.82. The first-order valence-electron chi connectivity index (χ1n) is 11.9. The number of fused-ring (bicyclic) bond motifs is 1. The number of amides is 2. The molecule has 5 rings (SSSR count). The van der Waals surface area contributed by atoms with Crippen molar-refractivity contribution in [2.24, 2.45) is 0 Å². The third kappa shape index (κ3) is 5.58. The van der Waals surface area contributed by atoms with E-state index in [0.29, 0.717) is 34.1 Å². The van der Waals surface area contributed by atoms with Gasteiger partial charge in [0.05, 0.1) is 22.5 Å². The lowest BCUT2D eigenvalue weighted by Crippen LogP contribution is -2.27. The minimum atomic E-state index is -0.304. The first-order chi connectivity index (χ1) is 18.0. The molecule has 186 valence electrons. The highest BCUT2D eigenvalue weighted by Gasteiger charge is 2.35. The number of carbonyl (C=O) groups is 2. The van der Waals surface area contributed by atoms with E-state index in [1.54, 1.807) is 6.08 Å². The number of rotatable bonds is 8. The fourth-order valence-electron chi connectivity index (χ4n) is 4.19. The van der Waals surface area contributed by atoms with Crippen molar-refractivity contribution in [3.63, 3.8) is 0 Å². The van der Waals surface area contributed by atoms with Gasteiger partial charge in [-0.05, 0) is 80.3 Å². The highest BCUT2D eigenvalue weighted by molar-refractivity contribution is 9.10. The molecule has 1 saturated heterocycles. The van der Waals surface area contributed by atoms with Gasteiger partial charge in [-0.3, -0.25) is 14.5 Å². The van der Waals surface area contributed by atoms with Gasteiger partial charge in [-0.25, -0.2) is 0 Å². The Balaban J connectivity index is 1.38. The third-order valence-corrected chi connectivity index (χ3v) is 7.43. The molecular formula is C30H24BrNO4S. The largest absolute Gasteiger partial charge is 0.490 e. The van der Waals surface area contributed by atoms with Crippen molar-refractivity contribution in [2.45, 2.75) is 20.1 Å². The standard InChI is InChI=1S/C30H24BrNO4S/c1-2-35-26-16-21(15-25(31)28(26)36-19-20-9-4-3-5-10-20)17-27-29(33)32(30(34)37-27)18-23-13-8-12-22-11-6-7-14-24(22)23/h3-17H,2,18-19H2,1H3/b27-17+. The van der Waals surface area contributed by atoms with Gasteiger partial charge in [-0.15, -0.1) is 0 Å². The summed E-state index contributed by atoms with van der Waals surface area (Å²) in [6, 6.07) is 27.5. The molecule has 0 unspecified atom stereocenters. The number of hydrogen-bond acceptors (Lipinski definition) is 5. The quantitative estimate of drug-likeness (QED) is 0.201. The molecule has 7 heteroatoms. The van der Waals surface area contributed by atoms with Crippen molar-refractivity contribution in [2.75, 3.05) is 6.61 Å². The molecule has 1 aliphatic heterocycles. The second-order valence-electron chi connectivity index (χ2n) is 8.44. The minimum absolute atomic E-state index is 0.226. The molecule has 1 aliphatic rings. The molecule has 0 radical (unpaired) electrons. The molecule has 2 amide bonds. The van der Waals surface area contributed by atoms with Crippen LogP contribution in [0.2, 0.25) is 0 Å². The molecular weight excluding hydrogens is 550 g/mol. The van der Waals surface area contributed by atoms with Crippen molar-refractivity contribution in [1.29, 1.82) is 0 Å². The van der Waals surface area contributed by atoms with E-state index in [1.807, 2.05) is 91.9 Å². The molecule has 1 heterocycles. The summed E-state index contributed by atoms with van der Waals surface area (Å²) in [4.78, 5) is 27.7. The van der Waals surface area contributed by atoms with Gasteiger partial charge in [0.1, 0.15) is 6.61 Å². The molecule has 0 aliphatic carbocycles. The van der Waals surface area contributed by atoms with Gasteiger partial charge >= 0.3 is 0 Å². The molecule has 37 heavy (non-hydrogen) atoms. The van der Waals surface area contributed by atoms with Crippen LogP contribution in [0, 0.1) is 0 Å². The lowest BCUT2D eigenvalue weighted by molar-refractivity contribution is -0.123. The minimum Gasteiger partial charge on any atom is -0.490 e. The van der Waals surface area contributed by atoms with Gasteiger partial charge in [-0.1, -0.05) is 72.8 Å². The lowest BCUT2D eigenvalue weighted by Gasteiger charge is -2.15. The topological polar surface area (TPSA) is 55.8 Å². The van der Waals surface area contributed by atoms with Crippen molar-refractivity contribution < 1.29 is 19.1 Å². The van der Waals surface area contributed by atoms with E-state index in [4.69, 9.17) is 9.47 Å². The predicted octanol–water partition coefficient (Wildman–Crippen LogP) is 7.82. The van der Waals surface area contributed by atoms with Crippen LogP contribution in [0.4, 0.5) is 4.79 Å². The molecule has 0 N–H and O–H groups in total. The highest BCUT2D eigenvalue weighted by atomic mass is 79.9. The van der Waals surface area contributed by atoms with Gasteiger partial charge in [0.25, 0.3) is 11.1 Å². The van der Waals surface area contributed by atoms with Crippen LogP contribution in [0.25, 0.3) is 16.8 Å². The maximum Gasteiger partial charge on any atom is 0.293 e. The van der Waals surface area contributed by atoms with Crippen LogP contribution < -0.4 is 9.47 Å². The number of hydrogen-bond donors (Lipinski definition) is 0. The fourth-order valence-corrected chi connectivity index (χ4v) is 5.60. The Hall–Kier alpha value is -3.55. The summed E-state index contributed by atoms with van der Waals surface area (Å²) in [5.74, 6) is 0.849. The summed E-state index contributed by atoms with van der Waals surface area (Å²) in [6.45, 7) is 2.98. The molecule has 0 spiro atoms. The molecule has 0 saturated carbocycles. The van der Waals surface area contributed by atoms with Crippen molar-refractivity contribution >= 4 is 55.7 Å². The zero-order valence-electron chi connectivity index (χ0n) is 20.1. The van der Waals surface area contributed by atoms with Gasteiger partial charge in [-0.2, -0.15) is 0 Å². The van der Waals surface area contributed by atoms with Crippen LogP contribution in [0.1, 0.15) is 23.6 Å². The van der Waals surface area contributed by atoms with Gasteiger partial charge in [0, 0.05) is 0 Å². The summed E-state index contributed by atoms with van der Waals surface area (Å²) < 4.78 is 12.6. The van der Waals surface area contributed by atoms with Crippen LogP contribution in [-0.4, -0.2) is 22.7 Å². The Bertz CT molecular complexity index is 1500. The maximum absolute atomic E-state index is 13.2. The van der Waals surface area contributed by atoms with Crippen LogP contribution in [0.15, 0.2) is 94.3 Å². The highest BCUT2D eigenvalue weighted by Crippen LogP contribution is 2.40. The van der Waals surface area contributed by atoms with Crippen LogP contribution in [0.3, 0.4) is 0 Å². The fraction of sp³-hybridized carbons (Fsp3) is 0.133. The predicted molar refractivity (Wildman–Crippen MR) is 152 cm³/mol. The second-order valence-corrected chi connectivity index (χ2v) is 10.3. The number of ether oxygens (including phenoxy) is 2. The van der Waals surface area contributed by atoms with Crippen LogP contribution in [-0.2, 0) is 17.9 Å². The van der Waals surface area contributed by atoms with Crippen molar-refractivity contribution in [3.05, 3.63) is 111 Å². The van der Waals surface area contributed by atoms with E-state index >= 15 is 0 Å². The van der Waals surface area contributed by atoms with E-state index in [1.165, 1.54) is 4.90 Å². The van der Waals surface area contributed by atoms with Gasteiger partial charge in [0.2, 0.25) is 0 Å². The van der Waals surface area contributed by atoms with E-state index in [9.17, 15) is 9.59 Å². The number of thioether (sulfide) groups is 1. The van der Waals surface area contributed by atoms with Crippen LogP contribution >= 0.6 is 27.7 Å². The monoisotopic (exact) mass is 573 g/mol. The summed E-state index contributed by atoms with van der Waals surface area (Å²) in [7, 11) is 0. The first-order valence-corrected chi connectivity index (χ1v) is 13.5. The zero-order chi connectivity index (χ0) is 25.8. The number of imide groups is 1.